The van der Waals surface area contributed by atoms with E-state index in [0.717, 1.165) is 35.3 Å². The van der Waals surface area contributed by atoms with Crippen LogP contribution in [-0.2, 0) is 11.2 Å². The molecule has 25 heavy (non-hydrogen) atoms. The van der Waals surface area contributed by atoms with Crippen molar-refractivity contribution in [2.45, 2.75) is 12.8 Å². The van der Waals surface area contributed by atoms with Crippen LogP contribution in [0.4, 0.5) is 10.1 Å². The number of amides is 1. The predicted octanol–water partition coefficient (Wildman–Crippen LogP) is 3.81. The molecule has 4 rings (SSSR count). The molecule has 1 aromatic heterocycles. The Hall–Kier alpha value is -2.95. The van der Waals surface area contributed by atoms with Gasteiger partial charge in [0.25, 0.3) is 0 Å². The number of hydrogen-bond donors (Lipinski definition) is 1. The zero-order valence-electron chi connectivity index (χ0n) is 13.7. The van der Waals surface area contributed by atoms with Crippen LogP contribution in [-0.4, -0.2) is 22.6 Å². The summed E-state index contributed by atoms with van der Waals surface area (Å²) in [5.74, 6) is -0.153. The second-order valence-electron chi connectivity index (χ2n) is 6.34. The molecule has 126 valence electrons. The standard InChI is InChI=1S/C20H18FN3O/c21-18-5-1-14(2-6-18)11-16-9-10-24(20(16)25)19-7-3-15(4-8-19)17-12-22-23-13-17/h1-8,12-13,16H,9-11H2,(H,22,23). The molecule has 5 heteroatoms. The second kappa shape index (κ2) is 6.51. The summed E-state index contributed by atoms with van der Waals surface area (Å²) in [5.41, 5.74) is 4.00. The molecule has 0 spiro atoms. The highest BCUT2D eigenvalue weighted by molar-refractivity contribution is 5.97. The average molecular weight is 335 g/mol. The molecule has 2 heterocycles. The first-order valence-electron chi connectivity index (χ1n) is 8.36. The van der Waals surface area contributed by atoms with Gasteiger partial charge in [0.1, 0.15) is 5.82 Å². The number of nitrogens with one attached hydrogen (secondary N) is 1. The molecule has 3 aromatic rings. The van der Waals surface area contributed by atoms with Crippen molar-refractivity contribution in [1.29, 1.82) is 0 Å². The number of aromatic nitrogens is 2. The number of H-pyrrole nitrogens is 1. The minimum Gasteiger partial charge on any atom is -0.312 e. The molecule has 0 radical (unpaired) electrons. The van der Waals surface area contributed by atoms with Crippen LogP contribution in [0, 0.1) is 11.7 Å². The van der Waals surface area contributed by atoms with Crippen LogP contribution < -0.4 is 4.90 Å². The lowest BCUT2D eigenvalue weighted by molar-refractivity contribution is -0.120. The Kier molecular flexibility index (Phi) is 4.06. The molecule has 1 fully saturated rings. The van der Waals surface area contributed by atoms with E-state index in [0.29, 0.717) is 6.42 Å². The molecule has 0 aliphatic carbocycles. The minimum absolute atomic E-state index is 0.0426. The van der Waals surface area contributed by atoms with Crippen molar-refractivity contribution in [3.8, 4) is 11.1 Å². The number of nitrogens with zero attached hydrogens (tertiary/aromatic N) is 2. The summed E-state index contributed by atoms with van der Waals surface area (Å²) in [6.45, 7) is 0.718. The van der Waals surface area contributed by atoms with E-state index in [9.17, 15) is 9.18 Å². The molecular formula is C20H18FN3O. The number of halogens is 1. The quantitative estimate of drug-likeness (QED) is 0.788. The topological polar surface area (TPSA) is 49.0 Å². The van der Waals surface area contributed by atoms with E-state index in [4.69, 9.17) is 0 Å². The normalized spacial score (nSPS) is 17.2. The number of aromatic amines is 1. The van der Waals surface area contributed by atoms with Crippen LogP contribution in [0.5, 0.6) is 0 Å². The van der Waals surface area contributed by atoms with Crippen molar-refractivity contribution in [3.63, 3.8) is 0 Å². The van der Waals surface area contributed by atoms with Gasteiger partial charge in [-0.2, -0.15) is 5.10 Å². The molecule has 1 aliphatic rings. The van der Waals surface area contributed by atoms with Gasteiger partial charge in [0.15, 0.2) is 0 Å². The van der Waals surface area contributed by atoms with E-state index in [-0.39, 0.29) is 17.6 Å². The van der Waals surface area contributed by atoms with E-state index in [1.54, 1.807) is 18.3 Å². The summed E-state index contributed by atoms with van der Waals surface area (Å²) in [6.07, 6.45) is 5.09. The van der Waals surface area contributed by atoms with Crippen LogP contribution in [0.3, 0.4) is 0 Å². The third kappa shape index (κ3) is 3.18. The Morgan fingerprint density at radius 2 is 1.84 bits per heavy atom. The van der Waals surface area contributed by atoms with Gasteiger partial charge in [0.2, 0.25) is 5.91 Å². The summed E-state index contributed by atoms with van der Waals surface area (Å²) in [5, 5.41) is 6.75. The smallest absolute Gasteiger partial charge is 0.230 e. The van der Waals surface area contributed by atoms with Crippen molar-refractivity contribution in [2.75, 3.05) is 11.4 Å². The van der Waals surface area contributed by atoms with Gasteiger partial charge >= 0.3 is 0 Å². The van der Waals surface area contributed by atoms with Gasteiger partial charge in [-0.05, 0) is 48.2 Å². The predicted molar refractivity (Wildman–Crippen MR) is 94.6 cm³/mol. The Morgan fingerprint density at radius 1 is 1.08 bits per heavy atom. The Bertz CT molecular complexity index is 857. The lowest BCUT2D eigenvalue weighted by Gasteiger charge is -2.17. The zero-order chi connectivity index (χ0) is 17.2. The maximum absolute atomic E-state index is 13.0. The van der Waals surface area contributed by atoms with E-state index in [2.05, 4.69) is 10.2 Å². The molecule has 4 nitrogen and oxygen atoms in total. The first kappa shape index (κ1) is 15.6. The highest BCUT2D eigenvalue weighted by Gasteiger charge is 2.32. The van der Waals surface area contributed by atoms with Gasteiger partial charge in [-0.1, -0.05) is 24.3 Å². The number of carbonyl (C=O) groups excluding carboxylic acids is 1. The summed E-state index contributed by atoms with van der Waals surface area (Å²) < 4.78 is 13.0. The highest BCUT2D eigenvalue weighted by Crippen LogP contribution is 2.29. The molecule has 1 aliphatic heterocycles. The van der Waals surface area contributed by atoms with E-state index < -0.39 is 0 Å². The van der Waals surface area contributed by atoms with Crippen LogP contribution >= 0.6 is 0 Å². The third-order valence-electron chi connectivity index (χ3n) is 4.72. The fourth-order valence-corrected chi connectivity index (χ4v) is 3.33. The molecule has 1 N–H and O–H groups in total. The SMILES string of the molecule is O=C1C(Cc2ccc(F)cc2)CCN1c1ccc(-c2cn[nH]c2)cc1. The molecule has 0 bridgehead atoms. The maximum atomic E-state index is 13.0. The number of carbonyl (C=O) groups is 1. The molecular weight excluding hydrogens is 317 g/mol. The number of hydrogen-bond acceptors (Lipinski definition) is 2. The Morgan fingerprint density at radius 3 is 2.52 bits per heavy atom. The molecule has 2 aromatic carbocycles. The zero-order valence-corrected chi connectivity index (χ0v) is 13.7. The van der Waals surface area contributed by atoms with Crippen LogP contribution in [0.1, 0.15) is 12.0 Å². The van der Waals surface area contributed by atoms with E-state index in [1.165, 1.54) is 12.1 Å². The van der Waals surface area contributed by atoms with Crippen molar-refractivity contribution >= 4 is 11.6 Å². The van der Waals surface area contributed by atoms with Gasteiger partial charge in [0.05, 0.1) is 6.20 Å². The first-order valence-corrected chi connectivity index (χ1v) is 8.36. The van der Waals surface area contributed by atoms with Crippen molar-refractivity contribution in [1.82, 2.24) is 10.2 Å². The minimum atomic E-state index is -0.249. The monoisotopic (exact) mass is 335 g/mol. The second-order valence-corrected chi connectivity index (χ2v) is 6.34. The average Bonchev–Trinajstić information content (AvgIpc) is 3.28. The number of benzene rings is 2. The summed E-state index contributed by atoms with van der Waals surface area (Å²) in [7, 11) is 0. The Balaban J connectivity index is 1.47. The first-order chi connectivity index (χ1) is 12.2. The van der Waals surface area contributed by atoms with Crippen molar-refractivity contribution in [3.05, 3.63) is 72.3 Å². The summed E-state index contributed by atoms with van der Waals surface area (Å²) in [6, 6.07) is 14.3. The summed E-state index contributed by atoms with van der Waals surface area (Å²) in [4.78, 5) is 14.6. The van der Waals surface area contributed by atoms with Gasteiger partial charge in [0, 0.05) is 29.9 Å². The van der Waals surface area contributed by atoms with E-state index >= 15 is 0 Å². The van der Waals surface area contributed by atoms with Gasteiger partial charge in [-0.15, -0.1) is 0 Å². The molecule has 1 atom stereocenters. The lowest BCUT2D eigenvalue weighted by Crippen LogP contribution is -2.27. The van der Waals surface area contributed by atoms with Crippen LogP contribution in [0.25, 0.3) is 11.1 Å². The molecule has 0 saturated carbocycles. The molecule has 1 amide bonds. The van der Waals surface area contributed by atoms with Crippen molar-refractivity contribution in [2.24, 2.45) is 5.92 Å². The summed E-state index contributed by atoms with van der Waals surface area (Å²) >= 11 is 0. The largest absolute Gasteiger partial charge is 0.312 e. The van der Waals surface area contributed by atoms with Gasteiger partial charge in [-0.3, -0.25) is 9.89 Å². The molecule has 1 unspecified atom stereocenters. The number of anilines is 1. The van der Waals surface area contributed by atoms with Gasteiger partial charge in [-0.25, -0.2) is 4.39 Å². The van der Waals surface area contributed by atoms with E-state index in [1.807, 2.05) is 35.4 Å². The lowest BCUT2D eigenvalue weighted by atomic mass is 9.98. The van der Waals surface area contributed by atoms with Gasteiger partial charge < -0.3 is 4.90 Å². The van der Waals surface area contributed by atoms with Crippen molar-refractivity contribution < 1.29 is 9.18 Å². The fourth-order valence-electron chi connectivity index (χ4n) is 3.33. The maximum Gasteiger partial charge on any atom is 0.230 e. The molecule has 1 saturated heterocycles. The number of rotatable bonds is 4. The fraction of sp³-hybridized carbons (Fsp3) is 0.200. The van der Waals surface area contributed by atoms with Crippen LogP contribution in [0.15, 0.2) is 60.9 Å². The highest BCUT2D eigenvalue weighted by atomic mass is 19.1. The Labute approximate surface area is 145 Å². The third-order valence-corrected chi connectivity index (χ3v) is 4.72. The van der Waals surface area contributed by atoms with Crippen LogP contribution in [0.2, 0.25) is 0 Å².